The first-order chi connectivity index (χ1) is 6.34. The summed E-state index contributed by atoms with van der Waals surface area (Å²) in [7, 11) is 0. The Morgan fingerprint density at radius 3 is 2.85 bits per heavy atom. The van der Waals surface area contributed by atoms with Crippen LogP contribution in [-0.4, -0.2) is 18.1 Å². The average Bonchev–Trinajstić information content (AvgIpc) is 2.05. The van der Waals surface area contributed by atoms with Gasteiger partial charge in [-0.05, 0) is 43.5 Å². The average molecular weight is 197 g/mol. The Balaban J connectivity index is 1.83. The Hall–Kier alpha value is -0.600. The Kier molecular flexibility index (Phi) is 2.81. The topological polar surface area (TPSA) is 24.9 Å². The SMILES string of the molecule is Clc1ccc(CCC2CNC2)cn1. The van der Waals surface area contributed by atoms with Crippen LogP contribution in [0.2, 0.25) is 5.15 Å². The highest BCUT2D eigenvalue weighted by Gasteiger charge is 2.15. The highest BCUT2D eigenvalue weighted by molar-refractivity contribution is 6.29. The number of rotatable bonds is 3. The molecule has 1 aromatic heterocycles. The van der Waals surface area contributed by atoms with Crippen LogP contribution in [-0.2, 0) is 6.42 Å². The first-order valence-corrected chi connectivity index (χ1v) is 5.03. The van der Waals surface area contributed by atoms with Crippen molar-refractivity contribution in [2.24, 2.45) is 5.92 Å². The molecule has 0 amide bonds. The van der Waals surface area contributed by atoms with Gasteiger partial charge in [-0.1, -0.05) is 17.7 Å². The van der Waals surface area contributed by atoms with E-state index in [2.05, 4.69) is 16.4 Å². The molecule has 0 radical (unpaired) electrons. The summed E-state index contributed by atoms with van der Waals surface area (Å²) in [6.07, 6.45) is 4.25. The molecule has 3 heteroatoms. The molecule has 0 aliphatic carbocycles. The second-order valence-corrected chi connectivity index (χ2v) is 3.94. The second-order valence-electron chi connectivity index (χ2n) is 3.55. The summed E-state index contributed by atoms with van der Waals surface area (Å²) in [5.74, 6) is 0.871. The van der Waals surface area contributed by atoms with E-state index in [0.29, 0.717) is 5.15 Å². The van der Waals surface area contributed by atoms with Gasteiger partial charge in [0.2, 0.25) is 0 Å². The highest BCUT2D eigenvalue weighted by Crippen LogP contribution is 2.13. The maximum Gasteiger partial charge on any atom is 0.129 e. The summed E-state index contributed by atoms with van der Waals surface area (Å²) in [5.41, 5.74) is 1.29. The van der Waals surface area contributed by atoms with Crippen molar-refractivity contribution in [2.45, 2.75) is 12.8 Å². The Bertz CT molecular complexity index is 267. The summed E-state index contributed by atoms with van der Waals surface area (Å²) in [6, 6.07) is 3.91. The largest absolute Gasteiger partial charge is 0.316 e. The predicted octanol–water partition coefficient (Wildman–Crippen LogP) is 1.89. The van der Waals surface area contributed by atoms with Crippen molar-refractivity contribution in [3.05, 3.63) is 29.0 Å². The number of aryl methyl sites for hydroxylation is 1. The van der Waals surface area contributed by atoms with Gasteiger partial charge in [-0.25, -0.2) is 4.98 Å². The summed E-state index contributed by atoms with van der Waals surface area (Å²) in [5, 5.41) is 3.85. The first-order valence-electron chi connectivity index (χ1n) is 4.66. The molecular formula is C10H13ClN2. The third-order valence-electron chi connectivity index (χ3n) is 2.50. The molecule has 13 heavy (non-hydrogen) atoms. The van der Waals surface area contributed by atoms with Crippen molar-refractivity contribution in [1.82, 2.24) is 10.3 Å². The number of halogens is 1. The highest BCUT2D eigenvalue weighted by atomic mass is 35.5. The number of hydrogen-bond donors (Lipinski definition) is 1. The van der Waals surface area contributed by atoms with Gasteiger partial charge in [-0.15, -0.1) is 0 Å². The van der Waals surface area contributed by atoms with Crippen molar-refractivity contribution in [2.75, 3.05) is 13.1 Å². The van der Waals surface area contributed by atoms with Crippen LogP contribution in [0.4, 0.5) is 0 Å². The van der Waals surface area contributed by atoms with Gasteiger partial charge >= 0.3 is 0 Å². The van der Waals surface area contributed by atoms with E-state index in [1.165, 1.54) is 25.1 Å². The van der Waals surface area contributed by atoms with E-state index in [1.54, 1.807) is 0 Å². The van der Waals surface area contributed by atoms with Crippen LogP contribution >= 0.6 is 11.6 Å². The van der Waals surface area contributed by atoms with Gasteiger partial charge in [0.05, 0.1) is 0 Å². The molecule has 2 rings (SSSR count). The van der Waals surface area contributed by atoms with Crippen molar-refractivity contribution < 1.29 is 0 Å². The number of hydrogen-bond acceptors (Lipinski definition) is 2. The molecule has 70 valence electrons. The van der Waals surface area contributed by atoms with Crippen molar-refractivity contribution >= 4 is 11.6 Å². The summed E-state index contributed by atoms with van der Waals surface area (Å²) >= 11 is 5.69. The Labute approximate surface area is 83.3 Å². The summed E-state index contributed by atoms with van der Waals surface area (Å²) in [4.78, 5) is 4.05. The van der Waals surface area contributed by atoms with Crippen molar-refractivity contribution in [1.29, 1.82) is 0 Å². The smallest absolute Gasteiger partial charge is 0.129 e. The standard InChI is InChI=1S/C10H13ClN2/c11-10-4-3-8(7-13-10)1-2-9-5-12-6-9/h3-4,7,9,12H,1-2,5-6H2. The van der Waals surface area contributed by atoms with E-state index in [9.17, 15) is 0 Å². The van der Waals surface area contributed by atoms with Crippen LogP contribution in [0.25, 0.3) is 0 Å². The normalized spacial score (nSPS) is 17.0. The molecule has 1 aromatic rings. The lowest BCUT2D eigenvalue weighted by atomic mass is 9.95. The van der Waals surface area contributed by atoms with Crippen LogP contribution in [0.15, 0.2) is 18.3 Å². The van der Waals surface area contributed by atoms with Crippen LogP contribution in [0.1, 0.15) is 12.0 Å². The molecule has 0 bridgehead atoms. The lowest BCUT2D eigenvalue weighted by Gasteiger charge is -2.26. The Morgan fingerprint density at radius 1 is 1.46 bits per heavy atom. The minimum atomic E-state index is 0.578. The van der Waals surface area contributed by atoms with E-state index in [1.807, 2.05) is 12.3 Å². The van der Waals surface area contributed by atoms with Gasteiger partial charge in [0.25, 0.3) is 0 Å². The van der Waals surface area contributed by atoms with E-state index in [-0.39, 0.29) is 0 Å². The van der Waals surface area contributed by atoms with Gasteiger partial charge in [0.1, 0.15) is 5.15 Å². The number of aromatic nitrogens is 1. The van der Waals surface area contributed by atoms with Crippen molar-refractivity contribution in [3.8, 4) is 0 Å². The first kappa shape index (κ1) is 8.97. The third-order valence-corrected chi connectivity index (χ3v) is 2.72. The molecule has 2 heterocycles. The zero-order valence-corrected chi connectivity index (χ0v) is 8.22. The fourth-order valence-electron chi connectivity index (χ4n) is 1.48. The molecule has 0 aromatic carbocycles. The molecule has 1 fully saturated rings. The minimum Gasteiger partial charge on any atom is -0.316 e. The molecule has 0 spiro atoms. The van der Waals surface area contributed by atoms with E-state index < -0.39 is 0 Å². The molecule has 1 aliphatic heterocycles. The third kappa shape index (κ3) is 2.42. The number of nitrogens with zero attached hydrogens (tertiary/aromatic N) is 1. The molecule has 1 saturated heterocycles. The molecule has 0 atom stereocenters. The van der Waals surface area contributed by atoms with Gasteiger partial charge in [-0.2, -0.15) is 0 Å². The molecule has 1 aliphatic rings. The number of nitrogens with one attached hydrogen (secondary N) is 1. The van der Waals surface area contributed by atoms with Crippen LogP contribution < -0.4 is 5.32 Å². The van der Waals surface area contributed by atoms with E-state index in [4.69, 9.17) is 11.6 Å². The van der Waals surface area contributed by atoms with Crippen LogP contribution in [0, 0.1) is 5.92 Å². The fraction of sp³-hybridized carbons (Fsp3) is 0.500. The number of pyridine rings is 1. The lowest BCUT2D eigenvalue weighted by molar-refractivity contribution is 0.328. The molecule has 0 saturated carbocycles. The second kappa shape index (κ2) is 4.07. The quantitative estimate of drug-likeness (QED) is 0.747. The van der Waals surface area contributed by atoms with E-state index >= 15 is 0 Å². The molecular weight excluding hydrogens is 184 g/mol. The monoisotopic (exact) mass is 196 g/mol. The summed E-state index contributed by atoms with van der Waals surface area (Å²) < 4.78 is 0. The fourth-order valence-corrected chi connectivity index (χ4v) is 1.59. The Morgan fingerprint density at radius 2 is 2.31 bits per heavy atom. The molecule has 2 nitrogen and oxygen atoms in total. The van der Waals surface area contributed by atoms with Crippen LogP contribution in [0.5, 0.6) is 0 Å². The van der Waals surface area contributed by atoms with Gasteiger partial charge in [-0.3, -0.25) is 0 Å². The maximum absolute atomic E-state index is 5.69. The zero-order chi connectivity index (χ0) is 9.10. The van der Waals surface area contributed by atoms with Crippen molar-refractivity contribution in [3.63, 3.8) is 0 Å². The van der Waals surface area contributed by atoms with Gasteiger partial charge in [0.15, 0.2) is 0 Å². The zero-order valence-electron chi connectivity index (χ0n) is 7.46. The van der Waals surface area contributed by atoms with Crippen LogP contribution in [0.3, 0.4) is 0 Å². The lowest BCUT2D eigenvalue weighted by Crippen LogP contribution is -2.42. The van der Waals surface area contributed by atoms with E-state index in [0.717, 1.165) is 12.3 Å². The molecule has 1 N–H and O–H groups in total. The van der Waals surface area contributed by atoms with Gasteiger partial charge < -0.3 is 5.32 Å². The summed E-state index contributed by atoms with van der Waals surface area (Å²) in [6.45, 7) is 2.36. The molecule has 0 unspecified atom stereocenters. The maximum atomic E-state index is 5.69. The van der Waals surface area contributed by atoms with Gasteiger partial charge in [0, 0.05) is 6.20 Å². The minimum absolute atomic E-state index is 0.578. The predicted molar refractivity (Wildman–Crippen MR) is 53.9 cm³/mol.